The van der Waals surface area contributed by atoms with Crippen molar-refractivity contribution in [1.29, 1.82) is 0 Å². The van der Waals surface area contributed by atoms with Crippen molar-refractivity contribution in [2.45, 2.75) is 19.3 Å². The Morgan fingerprint density at radius 3 is 0.667 bits per heavy atom. The Labute approximate surface area is 94.2 Å². The van der Waals surface area contributed by atoms with E-state index in [0.717, 1.165) is 19.3 Å². The van der Waals surface area contributed by atoms with Gasteiger partial charge >= 0.3 is 0 Å². The van der Waals surface area contributed by atoms with Gasteiger partial charge in [0.1, 0.15) is 0 Å². The zero-order chi connectivity index (χ0) is 10.6. The molecule has 15 heavy (non-hydrogen) atoms. The molecule has 3 rings (SSSR count). The third kappa shape index (κ3) is 7.51. The van der Waals surface area contributed by atoms with E-state index < -0.39 is 0 Å². The second-order valence-electron chi connectivity index (χ2n) is 3.28. The van der Waals surface area contributed by atoms with Gasteiger partial charge in [0.05, 0.1) is 0 Å². The third-order valence-corrected chi connectivity index (χ3v) is 1.97. The van der Waals surface area contributed by atoms with Crippen molar-refractivity contribution >= 4 is 0 Å². The summed E-state index contributed by atoms with van der Waals surface area (Å²) in [5.41, 5.74) is 0. The van der Waals surface area contributed by atoms with Crippen LogP contribution in [0.4, 0.5) is 0 Å². The lowest BCUT2D eigenvalue weighted by Gasteiger charge is -1.57. The molecule has 0 heteroatoms. The molecule has 0 saturated heterocycles. The molecule has 0 atom stereocenters. The lowest BCUT2D eigenvalue weighted by Crippen LogP contribution is -1.37. The molecular formula is C15H20. The SMILES string of the molecule is C1=CCC=C1.C1=CCC=C1.C1=CCC=C1.[HH]. The quantitative estimate of drug-likeness (QED) is 0.529. The van der Waals surface area contributed by atoms with E-state index in [4.69, 9.17) is 0 Å². The summed E-state index contributed by atoms with van der Waals surface area (Å²) in [5.74, 6) is 0. The molecule has 0 fully saturated rings. The van der Waals surface area contributed by atoms with Crippen LogP contribution in [0.1, 0.15) is 20.7 Å². The summed E-state index contributed by atoms with van der Waals surface area (Å²) in [7, 11) is 0. The second kappa shape index (κ2) is 9.01. The van der Waals surface area contributed by atoms with Crippen LogP contribution in [0.3, 0.4) is 0 Å². The monoisotopic (exact) mass is 200 g/mol. The summed E-state index contributed by atoms with van der Waals surface area (Å²) in [6, 6.07) is 0. The highest BCUT2D eigenvalue weighted by atomic mass is 13.8. The molecule has 3 aliphatic rings. The first-order valence-electron chi connectivity index (χ1n) is 5.45. The Morgan fingerprint density at radius 2 is 0.600 bits per heavy atom. The highest BCUT2D eigenvalue weighted by Crippen LogP contribution is 1.94. The van der Waals surface area contributed by atoms with Gasteiger partial charge in [-0.3, -0.25) is 0 Å². The summed E-state index contributed by atoms with van der Waals surface area (Å²) in [6.45, 7) is 0. The molecule has 0 aromatic rings. The molecule has 0 nitrogen and oxygen atoms in total. The molecule has 0 aliphatic heterocycles. The van der Waals surface area contributed by atoms with Crippen molar-refractivity contribution in [2.75, 3.05) is 0 Å². The van der Waals surface area contributed by atoms with Crippen LogP contribution in [0.25, 0.3) is 0 Å². The predicted octanol–water partition coefficient (Wildman–Crippen LogP) is 4.75. The summed E-state index contributed by atoms with van der Waals surface area (Å²) in [5, 5.41) is 0. The molecule has 0 aromatic heterocycles. The minimum absolute atomic E-state index is 0. The van der Waals surface area contributed by atoms with Crippen LogP contribution < -0.4 is 0 Å². The first kappa shape index (κ1) is 11.5. The zero-order valence-electron chi connectivity index (χ0n) is 9.05. The van der Waals surface area contributed by atoms with Gasteiger partial charge < -0.3 is 0 Å². The Balaban J connectivity index is 0.000000205. The van der Waals surface area contributed by atoms with Crippen LogP contribution in [0.5, 0.6) is 0 Å². The molecule has 0 aromatic carbocycles. The van der Waals surface area contributed by atoms with E-state index in [2.05, 4.69) is 72.9 Å². The largest absolute Gasteiger partial charge is 0.0808 e. The lowest BCUT2D eigenvalue weighted by molar-refractivity contribution is 1.45. The minimum Gasteiger partial charge on any atom is -0.0808 e. The second-order valence-corrected chi connectivity index (χ2v) is 3.28. The molecule has 0 unspecified atom stereocenters. The Hall–Kier alpha value is -1.56. The molecule has 0 saturated carbocycles. The summed E-state index contributed by atoms with van der Waals surface area (Å²) in [4.78, 5) is 0. The number of hydrogen-bond donors (Lipinski definition) is 0. The standard InChI is InChI=1S/3C5H6.H2/c3*1-2-4-5-3-1;/h3*1-4H,5H2;1H. The normalized spacial score (nSPS) is 17.6. The van der Waals surface area contributed by atoms with E-state index in [1.807, 2.05) is 0 Å². The van der Waals surface area contributed by atoms with Crippen molar-refractivity contribution in [2.24, 2.45) is 0 Å². The van der Waals surface area contributed by atoms with E-state index in [0.29, 0.717) is 0 Å². The maximum Gasteiger partial charge on any atom is 0 e. The number of rotatable bonds is 0. The van der Waals surface area contributed by atoms with Gasteiger partial charge in [0, 0.05) is 1.43 Å². The summed E-state index contributed by atoms with van der Waals surface area (Å²) < 4.78 is 0. The van der Waals surface area contributed by atoms with E-state index >= 15 is 0 Å². The fourth-order valence-electron chi connectivity index (χ4n) is 1.18. The molecule has 0 amide bonds. The highest BCUT2D eigenvalue weighted by molar-refractivity contribution is 5.12. The van der Waals surface area contributed by atoms with Gasteiger partial charge in [0.25, 0.3) is 0 Å². The first-order valence-corrected chi connectivity index (χ1v) is 5.45. The highest BCUT2D eigenvalue weighted by Gasteiger charge is 1.73. The van der Waals surface area contributed by atoms with E-state index in [1.54, 1.807) is 0 Å². The van der Waals surface area contributed by atoms with Crippen LogP contribution in [0, 0.1) is 0 Å². The summed E-state index contributed by atoms with van der Waals surface area (Å²) >= 11 is 0. The maximum atomic E-state index is 2.12. The maximum absolute atomic E-state index is 2.12. The van der Waals surface area contributed by atoms with Gasteiger partial charge in [-0.05, 0) is 19.3 Å². The molecule has 3 aliphatic carbocycles. The van der Waals surface area contributed by atoms with Crippen molar-refractivity contribution in [1.82, 2.24) is 0 Å². The molecule has 0 N–H and O–H groups in total. The van der Waals surface area contributed by atoms with Gasteiger partial charge in [-0.25, -0.2) is 0 Å². The van der Waals surface area contributed by atoms with Gasteiger partial charge in [-0.15, -0.1) is 0 Å². The topological polar surface area (TPSA) is 0 Å². The fraction of sp³-hybridized carbons (Fsp3) is 0.200. The minimum atomic E-state index is 0. The van der Waals surface area contributed by atoms with Gasteiger partial charge in [0.2, 0.25) is 0 Å². The van der Waals surface area contributed by atoms with Crippen molar-refractivity contribution in [3.8, 4) is 0 Å². The van der Waals surface area contributed by atoms with E-state index in [-0.39, 0.29) is 1.43 Å². The van der Waals surface area contributed by atoms with Gasteiger partial charge in [-0.2, -0.15) is 0 Å². The molecule has 80 valence electrons. The van der Waals surface area contributed by atoms with Gasteiger partial charge in [0.15, 0.2) is 0 Å². The van der Waals surface area contributed by atoms with Crippen molar-refractivity contribution in [3.63, 3.8) is 0 Å². The van der Waals surface area contributed by atoms with Crippen LogP contribution in [-0.4, -0.2) is 0 Å². The average Bonchev–Trinajstić information content (AvgIpc) is 3.09. The third-order valence-electron chi connectivity index (χ3n) is 1.97. The zero-order valence-corrected chi connectivity index (χ0v) is 9.05. The predicted molar refractivity (Wildman–Crippen MR) is 70.8 cm³/mol. The Kier molecular flexibility index (Phi) is 6.92. The fourth-order valence-corrected chi connectivity index (χ4v) is 1.18. The van der Waals surface area contributed by atoms with Crippen LogP contribution in [0.2, 0.25) is 0 Å². The Morgan fingerprint density at radius 1 is 0.400 bits per heavy atom. The molecule has 0 bridgehead atoms. The molecule has 0 radical (unpaired) electrons. The smallest absolute Gasteiger partial charge is 0 e. The van der Waals surface area contributed by atoms with Crippen molar-refractivity contribution < 1.29 is 1.43 Å². The number of allylic oxidation sites excluding steroid dienone is 12. The molecule has 0 heterocycles. The number of hydrogen-bond acceptors (Lipinski definition) is 0. The average molecular weight is 200 g/mol. The van der Waals surface area contributed by atoms with E-state index in [9.17, 15) is 0 Å². The van der Waals surface area contributed by atoms with Crippen LogP contribution in [-0.2, 0) is 0 Å². The molecule has 0 spiro atoms. The lowest BCUT2D eigenvalue weighted by atomic mass is 10.5. The van der Waals surface area contributed by atoms with Crippen molar-refractivity contribution in [3.05, 3.63) is 72.9 Å². The van der Waals surface area contributed by atoms with Crippen LogP contribution in [0.15, 0.2) is 72.9 Å². The van der Waals surface area contributed by atoms with Gasteiger partial charge in [-0.1, -0.05) is 72.9 Å². The first-order chi connectivity index (χ1) is 7.50. The summed E-state index contributed by atoms with van der Waals surface area (Å²) in [6.07, 6.45) is 28.5. The van der Waals surface area contributed by atoms with Crippen LogP contribution >= 0.6 is 0 Å². The molecular weight excluding hydrogens is 180 g/mol. The Bertz CT molecular complexity index is 232. The van der Waals surface area contributed by atoms with E-state index in [1.165, 1.54) is 0 Å².